The Balaban J connectivity index is 0.00000111. The number of rotatable bonds is 4. The summed E-state index contributed by atoms with van der Waals surface area (Å²) in [6.07, 6.45) is 0. The van der Waals surface area contributed by atoms with Crippen molar-refractivity contribution in [3.05, 3.63) is 107 Å². The minimum absolute atomic E-state index is 0.0803. The molecule has 0 aromatic heterocycles. The third-order valence-electron chi connectivity index (χ3n) is 3.46. The Morgan fingerprint density at radius 2 is 0.714 bits per heavy atom. The van der Waals surface area contributed by atoms with Gasteiger partial charge in [-0.15, -0.1) is 0 Å². The van der Waals surface area contributed by atoms with Crippen molar-refractivity contribution in [3.8, 4) is 0 Å². The molecule has 0 spiro atoms. The summed E-state index contributed by atoms with van der Waals surface area (Å²) in [6, 6.07) is 25.0. The maximum absolute atomic E-state index is 12.4. The molecule has 0 N–H and O–H groups in total. The van der Waals surface area contributed by atoms with Gasteiger partial charge >= 0.3 is 0 Å². The van der Waals surface area contributed by atoms with E-state index in [2.05, 4.69) is 0 Å². The van der Waals surface area contributed by atoms with Crippen LogP contribution in [0.2, 0.25) is 0 Å². The molecule has 0 aliphatic carbocycles. The smallest absolute Gasteiger partial charge is 0.193 e. The average Bonchev–Trinajstić information content (AvgIpc) is 2.83. The van der Waals surface area contributed by atoms with Crippen LogP contribution in [-0.2, 0) is 0 Å². The first-order valence-electron chi connectivity index (χ1n) is 10.1. The summed E-state index contributed by atoms with van der Waals surface area (Å²) in [7, 11) is 0. The molecule has 148 valence electrons. The number of hydrogen-bond donors (Lipinski definition) is 0. The molecule has 0 saturated carbocycles. The Kier molecular flexibility index (Phi) is 13.5. The molecule has 3 aromatic rings. The quantitative estimate of drug-likeness (QED) is 0.450. The topological polar surface area (TPSA) is 34.1 Å². The maximum atomic E-state index is 12.4. The summed E-state index contributed by atoms with van der Waals surface area (Å²) in [5, 5.41) is 0. The molecule has 0 heterocycles. The zero-order valence-electron chi connectivity index (χ0n) is 17.9. The lowest BCUT2D eigenvalue weighted by molar-refractivity contribution is 0.103. The lowest BCUT2D eigenvalue weighted by atomic mass is 9.97. The molecule has 0 bridgehead atoms. The van der Waals surface area contributed by atoms with Gasteiger partial charge in [0.1, 0.15) is 0 Å². The number of benzene rings is 3. The second kappa shape index (κ2) is 15.1. The predicted octanol–water partition coefficient (Wildman–Crippen LogP) is 7.23. The van der Waals surface area contributed by atoms with Gasteiger partial charge in [-0.1, -0.05) is 120 Å². The highest BCUT2D eigenvalue weighted by Gasteiger charge is 2.13. The summed E-state index contributed by atoms with van der Waals surface area (Å²) in [4.78, 5) is 24.9. The van der Waals surface area contributed by atoms with Crippen molar-refractivity contribution in [2.75, 3.05) is 0 Å². The van der Waals surface area contributed by atoms with Crippen LogP contribution >= 0.6 is 0 Å². The maximum Gasteiger partial charge on any atom is 0.193 e. The van der Waals surface area contributed by atoms with Crippen molar-refractivity contribution in [1.82, 2.24) is 0 Å². The fraction of sp³-hybridized carbons (Fsp3) is 0.231. The van der Waals surface area contributed by atoms with Crippen LogP contribution in [0.3, 0.4) is 0 Å². The van der Waals surface area contributed by atoms with Gasteiger partial charge in [-0.25, -0.2) is 0 Å². The minimum Gasteiger partial charge on any atom is -0.289 e. The fourth-order valence-corrected chi connectivity index (χ4v) is 2.31. The molecular weight excluding hydrogens is 344 g/mol. The van der Waals surface area contributed by atoms with E-state index in [1.54, 1.807) is 48.5 Å². The fourth-order valence-electron chi connectivity index (χ4n) is 2.31. The second-order valence-electron chi connectivity index (χ2n) is 4.97. The summed E-state index contributed by atoms with van der Waals surface area (Å²) >= 11 is 0. The highest BCUT2D eigenvalue weighted by Crippen LogP contribution is 2.15. The number of carbonyl (C=O) groups excluding carboxylic acids is 2. The highest BCUT2D eigenvalue weighted by molar-refractivity contribution is 6.13. The molecule has 0 amide bonds. The van der Waals surface area contributed by atoms with Crippen molar-refractivity contribution in [2.45, 2.75) is 41.5 Å². The lowest BCUT2D eigenvalue weighted by Gasteiger charge is -2.05. The van der Waals surface area contributed by atoms with E-state index in [1.807, 2.05) is 77.9 Å². The van der Waals surface area contributed by atoms with E-state index in [4.69, 9.17) is 0 Å². The highest BCUT2D eigenvalue weighted by atomic mass is 16.1. The molecule has 0 aliphatic heterocycles. The monoisotopic (exact) mass is 376 g/mol. The first kappa shape index (κ1) is 25.0. The first-order chi connectivity index (χ1) is 13.8. The molecule has 0 unspecified atom stereocenters. The summed E-state index contributed by atoms with van der Waals surface area (Å²) < 4.78 is 0. The van der Waals surface area contributed by atoms with Gasteiger partial charge < -0.3 is 0 Å². The van der Waals surface area contributed by atoms with Gasteiger partial charge in [0, 0.05) is 22.3 Å². The zero-order chi connectivity index (χ0) is 21.4. The van der Waals surface area contributed by atoms with Gasteiger partial charge in [0.15, 0.2) is 11.6 Å². The van der Waals surface area contributed by atoms with Crippen LogP contribution in [0, 0.1) is 0 Å². The molecular formula is C26H32O2. The zero-order valence-corrected chi connectivity index (χ0v) is 17.9. The van der Waals surface area contributed by atoms with Crippen LogP contribution in [0.1, 0.15) is 73.4 Å². The Morgan fingerprint density at radius 1 is 0.429 bits per heavy atom. The van der Waals surface area contributed by atoms with E-state index in [9.17, 15) is 9.59 Å². The first-order valence-corrected chi connectivity index (χ1v) is 10.1. The minimum atomic E-state index is -0.0803. The standard InChI is InChI=1S/C20H14O2.3C2H6/c21-19(15-8-3-1-4-9-15)17-12-7-13-18(14-17)20(22)16-10-5-2-6-11-16;3*1-2/h1-14H;3*1-2H3. The van der Waals surface area contributed by atoms with E-state index in [0.29, 0.717) is 22.3 Å². The molecule has 2 heteroatoms. The second-order valence-corrected chi connectivity index (χ2v) is 4.97. The van der Waals surface area contributed by atoms with Crippen molar-refractivity contribution in [3.63, 3.8) is 0 Å². The van der Waals surface area contributed by atoms with E-state index in [0.717, 1.165) is 0 Å². The van der Waals surface area contributed by atoms with Crippen molar-refractivity contribution in [1.29, 1.82) is 0 Å². The van der Waals surface area contributed by atoms with Crippen molar-refractivity contribution >= 4 is 11.6 Å². The molecule has 0 radical (unpaired) electrons. The van der Waals surface area contributed by atoms with Crippen LogP contribution in [0.4, 0.5) is 0 Å². The van der Waals surface area contributed by atoms with Gasteiger partial charge in [-0.05, 0) is 6.07 Å². The molecule has 0 atom stereocenters. The summed E-state index contributed by atoms with van der Waals surface area (Å²) in [5.74, 6) is -0.161. The molecule has 0 fully saturated rings. The number of carbonyl (C=O) groups is 2. The van der Waals surface area contributed by atoms with Gasteiger partial charge in [0.25, 0.3) is 0 Å². The molecule has 2 nitrogen and oxygen atoms in total. The SMILES string of the molecule is CC.CC.CC.O=C(c1ccccc1)c1cccc(C(=O)c2ccccc2)c1. The van der Waals surface area contributed by atoms with Crippen LogP contribution in [-0.4, -0.2) is 11.6 Å². The molecule has 3 rings (SSSR count). The summed E-state index contributed by atoms with van der Waals surface area (Å²) in [5.41, 5.74) is 2.28. The number of ketones is 2. The van der Waals surface area contributed by atoms with E-state index in [1.165, 1.54) is 0 Å². The van der Waals surface area contributed by atoms with Crippen molar-refractivity contribution < 1.29 is 9.59 Å². The normalized spacial score (nSPS) is 8.64. The Morgan fingerprint density at radius 3 is 1.04 bits per heavy atom. The molecule has 0 saturated heterocycles. The van der Waals surface area contributed by atoms with Crippen LogP contribution in [0.25, 0.3) is 0 Å². The van der Waals surface area contributed by atoms with Crippen LogP contribution in [0.15, 0.2) is 84.9 Å². The average molecular weight is 377 g/mol. The Labute approximate surface area is 170 Å². The molecule has 3 aromatic carbocycles. The van der Waals surface area contributed by atoms with Gasteiger partial charge in [-0.3, -0.25) is 9.59 Å². The van der Waals surface area contributed by atoms with E-state index >= 15 is 0 Å². The van der Waals surface area contributed by atoms with Crippen LogP contribution in [0.5, 0.6) is 0 Å². The lowest BCUT2D eigenvalue weighted by Crippen LogP contribution is -2.05. The third kappa shape index (κ3) is 7.32. The van der Waals surface area contributed by atoms with E-state index < -0.39 is 0 Å². The third-order valence-corrected chi connectivity index (χ3v) is 3.46. The Hall–Kier alpha value is -3.00. The Bertz CT molecular complexity index is 739. The number of hydrogen-bond acceptors (Lipinski definition) is 2. The van der Waals surface area contributed by atoms with Crippen LogP contribution < -0.4 is 0 Å². The van der Waals surface area contributed by atoms with Crippen molar-refractivity contribution in [2.24, 2.45) is 0 Å². The van der Waals surface area contributed by atoms with E-state index in [-0.39, 0.29) is 11.6 Å². The summed E-state index contributed by atoms with van der Waals surface area (Å²) in [6.45, 7) is 12.0. The largest absolute Gasteiger partial charge is 0.289 e. The van der Waals surface area contributed by atoms with Gasteiger partial charge in [0.2, 0.25) is 0 Å². The van der Waals surface area contributed by atoms with Gasteiger partial charge in [-0.2, -0.15) is 0 Å². The molecule has 28 heavy (non-hydrogen) atoms. The molecule has 0 aliphatic rings. The van der Waals surface area contributed by atoms with Gasteiger partial charge in [0.05, 0.1) is 0 Å². The predicted molar refractivity (Wildman–Crippen MR) is 120 cm³/mol.